The number of piperidine rings is 1. The number of aliphatic hydroxyl groups excluding tert-OH is 1. The Morgan fingerprint density at radius 1 is 1.11 bits per heavy atom. The van der Waals surface area contributed by atoms with E-state index >= 15 is 0 Å². The number of benzene rings is 1. The van der Waals surface area contributed by atoms with Crippen LogP contribution in [0.5, 0.6) is 0 Å². The molecule has 6 nitrogen and oxygen atoms in total. The van der Waals surface area contributed by atoms with Gasteiger partial charge in [-0.3, -0.25) is 0 Å². The van der Waals surface area contributed by atoms with E-state index in [9.17, 15) is 9.90 Å². The van der Waals surface area contributed by atoms with Gasteiger partial charge in [0.2, 0.25) is 0 Å². The van der Waals surface area contributed by atoms with Crippen LogP contribution in [0, 0.1) is 18.8 Å². The van der Waals surface area contributed by atoms with Crippen LogP contribution in [-0.2, 0) is 4.74 Å². The number of nitrogens with one attached hydrogen (secondary N) is 2. The maximum atomic E-state index is 13.1. The van der Waals surface area contributed by atoms with Crippen molar-refractivity contribution >= 4 is 6.03 Å². The first-order valence-corrected chi connectivity index (χ1v) is 14.0. The number of likely N-dealkylation sites (tertiary alicyclic amines) is 1. The highest BCUT2D eigenvalue weighted by Crippen LogP contribution is 2.29. The van der Waals surface area contributed by atoms with Gasteiger partial charge in [-0.25, -0.2) is 4.79 Å². The highest BCUT2D eigenvalue weighted by Gasteiger charge is 2.30. The van der Waals surface area contributed by atoms with Crippen molar-refractivity contribution in [3.05, 3.63) is 35.4 Å². The first-order valence-electron chi connectivity index (χ1n) is 14.0. The minimum absolute atomic E-state index is 0.0387. The minimum Gasteiger partial charge on any atom is -0.393 e. The summed E-state index contributed by atoms with van der Waals surface area (Å²) in [4.78, 5) is 15.0. The number of ether oxygens (including phenoxy) is 1. The largest absolute Gasteiger partial charge is 0.393 e. The smallest absolute Gasteiger partial charge is 0.317 e. The number of urea groups is 1. The van der Waals surface area contributed by atoms with Crippen LogP contribution < -0.4 is 10.6 Å². The third-order valence-corrected chi connectivity index (χ3v) is 8.11. The van der Waals surface area contributed by atoms with Crippen LogP contribution in [-0.4, -0.2) is 62.0 Å². The average Bonchev–Trinajstić information content (AvgIpc) is 2.88. The Bertz CT molecular complexity index is 735. The minimum atomic E-state index is -0.378. The molecule has 4 unspecified atom stereocenters. The summed E-state index contributed by atoms with van der Waals surface area (Å²) in [5, 5.41) is 17.5. The predicted octanol–water partition coefficient (Wildman–Crippen LogP) is 5.19. The van der Waals surface area contributed by atoms with Gasteiger partial charge in [-0.15, -0.1) is 0 Å². The monoisotopic (exact) mass is 487 g/mol. The second-order valence-corrected chi connectivity index (χ2v) is 10.9. The first-order chi connectivity index (χ1) is 17.0. The van der Waals surface area contributed by atoms with Crippen molar-refractivity contribution in [2.24, 2.45) is 11.8 Å². The molecule has 3 rings (SSSR count). The molecule has 0 bridgehead atoms. The second-order valence-electron chi connectivity index (χ2n) is 10.9. The molecule has 6 heteroatoms. The van der Waals surface area contributed by atoms with Crippen molar-refractivity contribution in [1.82, 2.24) is 15.5 Å². The summed E-state index contributed by atoms with van der Waals surface area (Å²) in [6.45, 7) is 4.33. The lowest BCUT2D eigenvalue weighted by Gasteiger charge is -2.36. The summed E-state index contributed by atoms with van der Waals surface area (Å²) >= 11 is 0. The van der Waals surface area contributed by atoms with Crippen LogP contribution in [0.3, 0.4) is 0 Å². The fourth-order valence-electron chi connectivity index (χ4n) is 5.99. The number of methoxy groups -OCH3 is 1. The van der Waals surface area contributed by atoms with Crippen LogP contribution in [0.1, 0.15) is 87.9 Å². The summed E-state index contributed by atoms with van der Waals surface area (Å²) in [5.74, 6) is 0.880. The van der Waals surface area contributed by atoms with Gasteiger partial charge in [0, 0.05) is 38.7 Å². The van der Waals surface area contributed by atoms with Gasteiger partial charge in [0.25, 0.3) is 0 Å². The van der Waals surface area contributed by atoms with Gasteiger partial charge in [0.1, 0.15) is 0 Å². The van der Waals surface area contributed by atoms with Crippen molar-refractivity contribution in [3.8, 4) is 0 Å². The number of nitrogens with zero attached hydrogens (tertiary/aromatic N) is 1. The van der Waals surface area contributed by atoms with Gasteiger partial charge >= 0.3 is 6.03 Å². The van der Waals surface area contributed by atoms with E-state index in [0.717, 1.165) is 57.5 Å². The van der Waals surface area contributed by atoms with Gasteiger partial charge in [-0.1, -0.05) is 61.9 Å². The van der Waals surface area contributed by atoms with Gasteiger partial charge in [-0.05, 0) is 64.0 Å². The van der Waals surface area contributed by atoms with Gasteiger partial charge in [0.15, 0.2) is 0 Å². The zero-order valence-electron chi connectivity index (χ0n) is 22.3. The Labute approximate surface area is 213 Å². The van der Waals surface area contributed by atoms with E-state index in [4.69, 9.17) is 4.74 Å². The van der Waals surface area contributed by atoms with Crippen LogP contribution in [0.2, 0.25) is 0 Å². The lowest BCUT2D eigenvalue weighted by Crippen LogP contribution is -2.52. The molecule has 0 radical (unpaired) electrons. The standard InChI is InChI=1S/C29H49N3O3/c1-22-14-16-24(17-15-22)28(35-3)13-7-12-27(33)25-11-8-18-32(21-25)29(34)31-26(20-30-2)19-23-9-5-4-6-10-23/h14-17,23,25-28,30,33H,4-13,18-21H2,1-3H3,(H,31,34). The average molecular weight is 488 g/mol. The molecule has 35 heavy (non-hydrogen) atoms. The van der Waals surface area contributed by atoms with E-state index in [0.29, 0.717) is 6.54 Å². The Morgan fingerprint density at radius 2 is 1.86 bits per heavy atom. The van der Waals surface area contributed by atoms with E-state index < -0.39 is 0 Å². The molecule has 198 valence electrons. The van der Waals surface area contributed by atoms with Crippen molar-refractivity contribution in [2.75, 3.05) is 33.8 Å². The maximum Gasteiger partial charge on any atom is 0.317 e. The van der Waals surface area contributed by atoms with Crippen molar-refractivity contribution in [3.63, 3.8) is 0 Å². The highest BCUT2D eigenvalue weighted by atomic mass is 16.5. The number of aliphatic hydroxyl groups is 1. The molecule has 1 heterocycles. The van der Waals surface area contributed by atoms with Gasteiger partial charge < -0.3 is 25.4 Å². The zero-order valence-corrected chi connectivity index (χ0v) is 22.3. The molecule has 1 aromatic rings. The van der Waals surface area contributed by atoms with Gasteiger partial charge in [-0.2, -0.15) is 0 Å². The maximum absolute atomic E-state index is 13.1. The number of amides is 2. The molecule has 0 spiro atoms. The SMILES string of the molecule is CNCC(CC1CCCCC1)NC(=O)N1CCCC(C(O)CCCC(OC)c2ccc(C)cc2)C1. The molecule has 3 N–H and O–H groups in total. The summed E-state index contributed by atoms with van der Waals surface area (Å²) in [6, 6.07) is 8.72. The number of carbonyl (C=O) groups is 1. The fraction of sp³-hybridized carbons (Fsp3) is 0.759. The van der Waals surface area contributed by atoms with Gasteiger partial charge in [0.05, 0.1) is 12.2 Å². The van der Waals surface area contributed by atoms with Crippen LogP contribution in [0.4, 0.5) is 4.79 Å². The number of hydrogen-bond donors (Lipinski definition) is 3. The summed E-state index contributed by atoms with van der Waals surface area (Å²) in [6.07, 6.45) is 11.8. The van der Waals surface area contributed by atoms with Crippen molar-refractivity contribution in [1.29, 1.82) is 0 Å². The molecule has 1 aliphatic heterocycles. The number of likely N-dealkylation sites (N-methyl/N-ethyl adjacent to an activating group) is 1. The van der Waals surface area contributed by atoms with E-state index in [2.05, 4.69) is 41.8 Å². The molecule has 2 aliphatic rings. The van der Waals surface area contributed by atoms with Crippen LogP contribution >= 0.6 is 0 Å². The molecule has 0 aromatic heterocycles. The molecule has 4 atom stereocenters. The fourth-order valence-corrected chi connectivity index (χ4v) is 5.99. The lowest BCUT2D eigenvalue weighted by molar-refractivity contribution is 0.0456. The lowest BCUT2D eigenvalue weighted by atomic mass is 9.85. The normalized spacial score (nSPS) is 21.9. The zero-order chi connectivity index (χ0) is 25.0. The summed E-state index contributed by atoms with van der Waals surface area (Å²) < 4.78 is 5.72. The molecule has 1 aromatic carbocycles. The quantitative estimate of drug-likeness (QED) is 0.379. The Balaban J connectivity index is 1.44. The molecule has 1 saturated carbocycles. The van der Waals surface area contributed by atoms with Crippen molar-refractivity contribution < 1.29 is 14.6 Å². The highest BCUT2D eigenvalue weighted by molar-refractivity contribution is 5.74. The number of aryl methyl sites for hydroxylation is 1. The molecule has 2 fully saturated rings. The third kappa shape index (κ3) is 9.07. The third-order valence-electron chi connectivity index (χ3n) is 8.11. The second kappa shape index (κ2) is 14.8. The summed E-state index contributed by atoms with van der Waals surface area (Å²) in [5.41, 5.74) is 2.44. The molecule has 2 amide bonds. The Hall–Kier alpha value is -1.63. The molecule has 1 aliphatic carbocycles. The van der Waals surface area contributed by atoms with E-state index in [1.807, 2.05) is 11.9 Å². The topological polar surface area (TPSA) is 73.8 Å². The number of rotatable bonds is 12. The molecular weight excluding hydrogens is 438 g/mol. The van der Waals surface area contributed by atoms with E-state index in [1.165, 1.54) is 43.2 Å². The summed E-state index contributed by atoms with van der Waals surface area (Å²) in [7, 11) is 3.72. The Kier molecular flexibility index (Phi) is 11.8. The number of hydrogen-bond acceptors (Lipinski definition) is 4. The van der Waals surface area contributed by atoms with E-state index in [-0.39, 0.29) is 30.2 Å². The molecular formula is C29H49N3O3. The Morgan fingerprint density at radius 3 is 2.54 bits per heavy atom. The first kappa shape index (κ1) is 27.9. The number of carbonyl (C=O) groups excluding carboxylic acids is 1. The molecule has 1 saturated heterocycles. The predicted molar refractivity (Wildman–Crippen MR) is 143 cm³/mol. The van der Waals surface area contributed by atoms with Crippen molar-refractivity contribution in [2.45, 2.75) is 95.8 Å². The van der Waals surface area contributed by atoms with Crippen LogP contribution in [0.25, 0.3) is 0 Å². The van der Waals surface area contributed by atoms with Crippen LogP contribution in [0.15, 0.2) is 24.3 Å². The van der Waals surface area contributed by atoms with E-state index in [1.54, 1.807) is 7.11 Å².